The van der Waals surface area contributed by atoms with Gasteiger partial charge in [-0.2, -0.15) is 0 Å². The summed E-state index contributed by atoms with van der Waals surface area (Å²) in [6.07, 6.45) is -3.69. The summed E-state index contributed by atoms with van der Waals surface area (Å²) >= 11 is 0. The van der Waals surface area contributed by atoms with Crippen molar-refractivity contribution in [3.63, 3.8) is 0 Å². The first-order valence-electron chi connectivity index (χ1n) is 5.12. The second-order valence-electron chi connectivity index (χ2n) is 5.16. The number of carbonyl (C=O) groups is 1. The van der Waals surface area contributed by atoms with Crippen LogP contribution in [-0.2, 0) is 4.74 Å². The highest BCUT2D eigenvalue weighted by Crippen LogP contribution is 2.37. The third-order valence-corrected chi connectivity index (χ3v) is 2.33. The molecule has 0 heterocycles. The largest absolute Gasteiger partial charge is 0.444 e. The van der Waals surface area contributed by atoms with Gasteiger partial charge < -0.3 is 15.2 Å². The molecule has 0 aromatic heterocycles. The van der Waals surface area contributed by atoms with Crippen LogP contribution < -0.4 is 5.32 Å². The predicted molar refractivity (Wildman–Crippen MR) is 53.3 cm³/mol. The van der Waals surface area contributed by atoms with Crippen molar-refractivity contribution >= 4 is 6.09 Å². The van der Waals surface area contributed by atoms with E-state index in [9.17, 15) is 18.7 Å². The molecule has 2 N–H and O–H groups in total. The molecule has 0 aliphatic heterocycles. The molecule has 1 rings (SSSR count). The summed E-state index contributed by atoms with van der Waals surface area (Å²) in [6.45, 7) is 5.13. The van der Waals surface area contributed by atoms with Crippen molar-refractivity contribution in [2.75, 3.05) is 0 Å². The van der Waals surface area contributed by atoms with Gasteiger partial charge in [-0.3, -0.25) is 0 Å². The number of aliphatic hydroxyl groups is 1. The van der Waals surface area contributed by atoms with E-state index in [0.29, 0.717) is 0 Å². The lowest BCUT2D eigenvalue weighted by Gasteiger charge is -2.42. The molecule has 1 aliphatic carbocycles. The summed E-state index contributed by atoms with van der Waals surface area (Å²) in [5.74, 6) is 0. The molecule has 0 atom stereocenters. The molecule has 0 saturated heterocycles. The van der Waals surface area contributed by atoms with Crippen molar-refractivity contribution in [3.05, 3.63) is 0 Å². The highest BCUT2D eigenvalue weighted by atomic mass is 19.3. The molecule has 94 valence electrons. The lowest BCUT2D eigenvalue weighted by molar-refractivity contribution is -0.155. The van der Waals surface area contributed by atoms with E-state index in [1.807, 2.05) is 0 Å². The average molecular weight is 237 g/mol. The molecule has 6 heteroatoms. The Morgan fingerprint density at radius 1 is 1.50 bits per heavy atom. The number of carbonyl (C=O) groups excluding carboxylic acids is 1. The topological polar surface area (TPSA) is 58.6 Å². The Morgan fingerprint density at radius 3 is 2.38 bits per heavy atom. The molecule has 0 unspecified atom stereocenters. The minimum Gasteiger partial charge on any atom is -0.444 e. The summed E-state index contributed by atoms with van der Waals surface area (Å²) in [5, 5.41) is 11.7. The van der Waals surface area contributed by atoms with Gasteiger partial charge in [0.05, 0.1) is 0 Å². The first-order valence-corrected chi connectivity index (χ1v) is 5.12. The zero-order valence-electron chi connectivity index (χ0n) is 9.59. The van der Waals surface area contributed by atoms with Gasteiger partial charge in [-0.25, -0.2) is 13.6 Å². The second kappa shape index (κ2) is 4.16. The summed E-state index contributed by atoms with van der Waals surface area (Å²) in [4.78, 5) is 11.2. The SMILES string of the molecule is CC(C)(C)OC(=O)NC1CC(O)(C(F)F)C1. The van der Waals surface area contributed by atoms with E-state index in [2.05, 4.69) is 5.32 Å². The van der Waals surface area contributed by atoms with E-state index >= 15 is 0 Å². The maximum Gasteiger partial charge on any atom is 0.407 e. The number of hydrogen-bond donors (Lipinski definition) is 2. The monoisotopic (exact) mass is 237 g/mol. The van der Waals surface area contributed by atoms with Gasteiger partial charge in [-0.15, -0.1) is 0 Å². The Balaban J connectivity index is 2.30. The van der Waals surface area contributed by atoms with Gasteiger partial charge in [0.2, 0.25) is 0 Å². The molecule has 1 amide bonds. The van der Waals surface area contributed by atoms with Crippen LogP contribution in [0.5, 0.6) is 0 Å². The molecule has 0 spiro atoms. The van der Waals surface area contributed by atoms with Crippen LogP contribution in [0.4, 0.5) is 13.6 Å². The van der Waals surface area contributed by atoms with Gasteiger partial charge in [-0.05, 0) is 20.8 Å². The van der Waals surface area contributed by atoms with E-state index in [1.165, 1.54) is 0 Å². The van der Waals surface area contributed by atoms with Crippen LogP contribution in [-0.4, -0.2) is 34.9 Å². The highest BCUT2D eigenvalue weighted by Gasteiger charge is 2.50. The van der Waals surface area contributed by atoms with Crippen molar-refractivity contribution in [2.45, 2.75) is 57.3 Å². The summed E-state index contributed by atoms with van der Waals surface area (Å²) < 4.78 is 29.5. The molecule has 16 heavy (non-hydrogen) atoms. The number of rotatable bonds is 2. The molecular weight excluding hydrogens is 220 g/mol. The number of alkyl halides is 2. The quantitative estimate of drug-likeness (QED) is 0.768. The number of alkyl carbamates (subject to hydrolysis) is 1. The van der Waals surface area contributed by atoms with Crippen molar-refractivity contribution in [1.82, 2.24) is 5.32 Å². The first-order chi connectivity index (χ1) is 7.12. The van der Waals surface area contributed by atoms with Crippen molar-refractivity contribution < 1.29 is 23.4 Å². The zero-order chi connectivity index (χ0) is 12.6. The molecule has 0 radical (unpaired) electrons. The normalized spacial score (nSPS) is 29.8. The Bertz CT molecular complexity index is 270. The van der Waals surface area contributed by atoms with E-state index in [1.54, 1.807) is 20.8 Å². The Kier molecular flexibility index (Phi) is 3.42. The molecule has 1 aliphatic rings. The van der Waals surface area contributed by atoms with E-state index in [0.717, 1.165) is 0 Å². The van der Waals surface area contributed by atoms with Gasteiger partial charge >= 0.3 is 6.09 Å². The van der Waals surface area contributed by atoms with E-state index in [4.69, 9.17) is 4.74 Å². The fraction of sp³-hybridized carbons (Fsp3) is 0.900. The number of halogens is 2. The smallest absolute Gasteiger partial charge is 0.407 e. The van der Waals surface area contributed by atoms with Crippen LogP contribution >= 0.6 is 0 Å². The lowest BCUT2D eigenvalue weighted by atomic mass is 9.76. The molecule has 0 bridgehead atoms. The van der Waals surface area contributed by atoms with Crippen LogP contribution in [0.15, 0.2) is 0 Å². The molecule has 1 saturated carbocycles. The Hall–Kier alpha value is -0.910. The van der Waals surface area contributed by atoms with Gasteiger partial charge in [-0.1, -0.05) is 0 Å². The fourth-order valence-electron chi connectivity index (χ4n) is 1.55. The average Bonchev–Trinajstić information content (AvgIpc) is 1.96. The molecule has 1 fully saturated rings. The third kappa shape index (κ3) is 3.30. The highest BCUT2D eigenvalue weighted by molar-refractivity contribution is 5.68. The molecule has 0 aromatic rings. The maximum absolute atomic E-state index is 12.3. The fourth-order valence-corrected chi connectivity index (χ4v) is 1.55. The van der Waals surface area contributed by atoms with Crippen LogP contribution in [0.1, 0.15) is 33.6 Å². The Labute approximate surface area is 93.0 Å². The van der Waals surface area contributed by atoms with Crippen LogP contribution in [0, 0.1) is 0 Å². The van der Waals surface area contributed by atoms with E-state index < -0.39 is 29.8 Å². The summed E-state index contributed by atoms with van der Waals surface area (Å²) in [7, 11) is 0. The van der Waals surface area contributed by atoms with Crippen LogP contribution in [0.2, 0.25) is 0 Å². The number of amides is 1. The molecular formula is C10H17F2NO3. The van der Waals surface area contributed by atoms with Crippen LogP contribution in [0.25, 0.3) is 0 Å². The number of hydrogen-bond acceptors (Lipinski definition) is 3. The zero-order valence-corrected chi connectivity index (χ0v) is 9.59. The van der Waals surface area contributed by atoms with Crippen LogP contribution in [0.3, 0.4) is 0 Å². The molecule has 0 aromatic carbocycles. The minimum atomic E-state index is -2.77. The van der Waals surface area contributed by atoms with Gasteiger partial charge in [0.15, 0.2) is 0 Å². The third-order valence-electron chi connectivity index (χ3n) is 2.33. The van der Waals surface area contributed by atoms with Gasteiger partial charge in [0, 0.05) is 18.9 Å². The van der Waals surface area contributed by atoms with E-state index in [-0.39, 0.29) is 12.8 Å². The first kappa shape index (κ1) is 13.2. The molecule has 4 nitrogen and oxygen atoms in total. The standard InChI is InChI=1S/C10H17F2NO3/c1-9(2,3)16-8(14)13-6-4-10(15,5-6)7(11)12/h6-7,15H,4-5H2,1-3H3,(H,13,14). The van der Waals surface area contributed by atoms with Crippen molar-refractivity contribution in [1.29, 1.82) is 0 Å². The maximum atomic E-state index is 12.3. The van der Waals surface area contributed by atoms with Crippen molar-refractivity contribution in [2.24, 2.45) is 0 Å². The van der Waals surface area contributed by atoms with Crippen molar-refractivity contribution in [3.8, 4) is 0 Å². The predicted octanol–water partition coefficient (Wildman–Crippen LogP) is 1.67. The summed E-state index contributed by atoms with van der Waals surface area (Å²) in [5.41, 5.74) is -2.56. The Morgan fingerprint density at radius 2 is 2.00 bits per heavy atom. The number of ether oxygens (including phenoxy) is 1. The minimum absolute atomic E-state index is 0.135. The van der Waals surface area contributed by atoms with Gasteiger partial charge in [0.1, 0.15) is 11.2 Å². The number of nitrogens with one attached hydrogen (secondary N) is 1. The second-order valence-corrected chi connectivity index (χ2v) is 5.16. The van der Waals surface area contributed by atoms with Gasteiger partial charge in [0.25, 0.3) is 6.43 Å². The summed E-state index contributed by atoms with van der Waals surface area (Å²) in [6, 6.07) is -0.436. The lowest BCUT2D eigenvalue weighted by Crippen LogP contribution is -2.59.